The first-order chi connectivity index (χ1) is 12.3. The molecule has 1 saturated heterocycles. The van der Waals surface area contributed by atoms with E-state index in [1.165, 1.54) is 31.5 Å². The van der Waals surface area contributed by atoms with E-state index in [9.17, 15) is 0 Å². The number of ether oxygens (including phenoxy) is 1. The molecule has 1 aromatic heterocycles. The molecule has 1 aromatic carbocycles. The Morgan fingerprint density at radius 2 is 1.72 bits per heavy atom. The molecular weight excluding hydrogens is 310 g/mol. The van der Waals surface area contributed by atoms with Gasteiger partial charge in [0.25, 0.3) is 0 Å². The van der Waals surface area contributed by atoms with E-state index in [-0.39, 0.29) is 0 Å². The highest BCUT2D eigenvalue weighted by Crippen LogP contribution is 2.26. The zero-order valence-corrected chi connectivity index (χ0v) is 15.0. The van der Waals surface area contributed by atoms with Crippen LogP contribution in [0.1, 0.15) is 23.6 Å². The lowest BCUT2D eigenvalue weighted by atomic mass is 10.1. The molecule has 1 fully saturated rings. The monoisotopic (exact) mass is 337 g/mol. The fourth-order valence-corrected chi connectivity index (χ4v) is 4.08. The summed E-state index contributed by atoms with van der Waals surface area (Å²) in [4.78, 5) is 9.60. The van der Waals surface area contributed by atoms with Crippen LogP contribution < -0.4 is 4.74 Å². The molecule has 25 heavy (non-hydrogen) atoms. The Labute approximate surface area is 150 Å². The van der Waals surface area contributed by atoms with Gasteiger partial charge in [0.2, 0.25) is 5.88 Å². The van der Waals surface area contributed by atoms with Crippen LogP contribution in [0.2, 0.25) is 0 Å². The number of hydrogen-bond acceptors (Lipinski definition) is 4. The Hall–Kier alpha value is -1.91. The van der Waals surface area contributed by atoms with Crippen molar-refractivity contribution < 1.29 is 4.74 Å². The molecular formula is C21H27N3O. The van der Waals surface area contributed by atoms with Crippen molar-refractivity contribution in [2.75, 3.05) is 32.8 Å². The zero-order valence-electron chi connectivity index (χ0n) is 15.0. The Kier molecular flexibility index (Phi) is 4.99. The summed E-state index contributed by atoms with van der Waals surface area (Å²) >= 11 is 0. The summed E-state index contributed by atoms with van der Waals surface area (Å²) in [5.41, 5.74) is 4.37. The van der Waals surface area contributed by atoms with E-state index < -0.39 is 0 Å². The topological polar surface area (TPSA) is 28.6 Å². The fraction of sp³-hybridized carbons (Fsp3) is 0.476. The van der Waals surface area contributed by atoms with Crippen LogP contribution >= 0.6 is 0 Å². The average molecular weight is 337 g/mol. The van der Waals surface area contributed by atoms with E-state index in [4.69, 9.17) is 4.74 Å². The van der Waals surface area contributed by atoms with Crippen molar-refractivity contribution in [3.05, 3.63) is 59.3 Å². The summed E-state index contributed by atoms with van der Waals surface area (Å²) < 4.78 is 5.42. The first-order valence-corrected chi connectivity index (χ1v) is 9.42. The first-order valence-electron chi connectivity index (χ1n) is 9.42. The Morgan fingerprint density at radius 3 is 2.32 bits per heavy atom. The summed E-state index contributed by atoms with van der Waals surface area (Å²) in [5.74, 6) is 0.719. The van der Waals surface area contributed by atoms with Crippen molar-refractivity contribution in [2.24, 2.45) is 0 Å². The number of rotatable bonds is 5. The molecule has 2 aromatic rings. The highest BCUT2D eigenvalue weighted by atomic mass is 16.5. The molecule has 0 spiro atoms. The maximum absolute atomic E-state index is 5.42. The number of fused-ring (bicyclic) bond motifs is 1. The lowest BCUT2D eigenvalue weighted by Crippen LogP contribution is -2.50. The first kappa shape index (κ1) is 16.6. The number of benzene rings is 1. The van der Waals surface area contributed by atoms with Crippen LogP contribution in [0.15, 0.2) is 42.6 Å². The van der Waals surface area contributed by atoms with Crippen LogP contribution in [0.25, 0.3) is 0 Å². The van der Waals surface area contributed by atoms with Crippen LogP contribution in [-0.2, 0) is 19.4 Å². The lowest BCUT2D eigenvalue weighted by molar-refractivity contribution is 0.0948. The van der Waals surface area contributed by atoms with E-state index in [1.54, 1.807) is 11.1 Å². The van der Waals surface area contributed by atoms with Crippen LogP contribution in [0, 0.1) is 0 Å². The molecule has 0 radical (unpaired) electrons. The number of aromatic nitrogens is 1. The maximum Gasteiger partial charge on any atom is 0.213 e. The Bertz CT molecular complexity index is 668. The molecule has 0 bridgehead atoms. The van der Waals surface area contributed by atoms with Crippen LogP contribution in [0.4, 0.5) is 0 Å². The van der Waals surface area contributed by atoms with Crippen molar-refractivity contribution in [3.63, 3.8) is 0 Å². The van der Waals surface area contributed by atoms with Crippen molar-refractivity contribution in [3.8, 4) is 5.88 Å². The number of hydrogen-bond donors (Lipinski definition) is 0. The molecule has 4 rings (SSSR count). The number of pyridine rings is 1. The van der Waals surface area contributed by atoms with Crippen molar-refractivity contribution in [1.82, 2.24) is 14.8 Å². The lowest BCUT2D eigenvalue weighted by Gasteiger charge is -2.38. The van der Waals surface area contributed by atoms with Gasteiger partial charge in [0, 0.05) is 51.0 Å². The quantitative estimate of drug-likeness (QED) is 0.839. The van der Waals surface area contributed by atoms with Gasteiger partial charge >= 0.3 is 0 Å². The third-order valence-electron chi connectivity index (χ3n) is 5.45. The molecule has 132 valence electrons. The number of nitrogens with zero attached hydrogens (tertiary/aromatic N) is 3. The second-order valence-electron chi connectivity index (χ2n) is 7.08. The van der Waals surface area contributed by atoms with Gasteiger partial charge in [-0.15, -0.1) is 0 Å². The summed E-state index contributed by atoms with van der Waals surface area (Å²) in [6.45, 7) is 8.25. The minimum absolute atomic E-state index is 0.666. The SMILES string of the molecule is CCOc1ccc(CN2CCN(C3Cc4ccccc4C3)CC2)cn1. The third-order valence-corrected chi connectivity index (χ3v) is 5.45. The largest absolute Gasteiger partial charge is 0.478 e. The van der Waals surface area contributed by atoms with Crippen LogP contribution in [0.3, 0.4) is 0 Å². The van der Waals surface area contributed by atoms with Gasteiger partial charge in [-0.05, 0) is 36.5 Å². The molecule has 0 atom stereocenters. The van der Waals surface area contributed by atoms with E-state index in [0.29, 0.717) is 12.6 Å². The molecule has 4 heteroatoms. The maximum atomic E-state index is 5.42. The van der Waals surface area contributed by atoms with Crippen LogP contribution in [-0.4, -0.2) is 53.6 Å². The zero-order chi connectivity index (χ0) is 17.1. The van der Waals surface area contributed by atoms with Gasteiger partial charge in [-0.1, -0.05) is 30.3 Å². The minimum Gasteiger partial charge on any atom is -0.478 e. The molecule has 4 nitrogen and oxygen atoms in total. The van der Waals surface area contributed by atoms with E-state index in [1.807, 2.05) is 19.2 Å². The molecule has 2 heterocycles. The normalized spacial score (nSPS) is 19.1. The summed E-state index contributed by atoms with van der Waals surface area (Å²) in [6.07, 6.45) is 4.39. The van der Waals surface area contributed by atoms with Gasteiger partial charge in [0.15, 0.2) is 0 Å². The summed E-state index contributed by atoms with van der Waals surface area (Å²) in [7, 11) is 0. The summed E-state index contributed by atoms with van der Waals surface area (Å²) in [6, 6.07) is 13.7. The van der Waals surface area contributed by atoms with Crippen molar-refractivity contribution in [1.29, 1.82) is 0 Å². The minimum atomic E-state index is 0.666. The van der Waals surface area contributed by atoms with E-state index in [0.717, 1.165) is 25.5 Å². The molecule has 0 unspecified atom stereocenters. The second kappa shape index (κ2) is 7.54. The predicted molar refractivity (Wildman–Crippen MR) is 99.9 cm³/mol. The van der Waals surface area contributed by atoms with Gasteiger partial charge < -0.3 is 4.74 Å². The predicted octanol–water partition coefficient (Wildman–Crippen LogP) is 2.77. The Balaban J connectivity index is 1.27. The fourth-order valence-electron chi connectivity index (χ4n) is 4.08. The van der Waals surface area contributed by atoms with Crippen LogP contribution in [0.5, 0.6) is 5.88 Å². The Morgan fingerprint density at radius 1 is 1.00 bits per heavy atom. The number of piperazine rings is 1. The van der Waals surface area contributed by atoms with Gasteiger partial charge in [0.05, 0.1) is 6.61 Å². The van der Waals surface area contributed by atoms with Crippen molar-refractivity contribution in [2.45, 2.75) is 32.4 Å². The summed E-state index contributed by atoms with van der Waals surface area (Å²) in [5, 5.41) is 0. The van der Waals surface area contributed by atoms with Gasteiger partial charge in [-0.2, -0.15) is 0 Å². The average Bonchev–Trinajstić information content (AvgIpc) is 3.08. The second-order valence-corrected chi connectivity index (χ2v) is 7.08. The molecule has 2 aliphatic rings. The highest BCUT2D eigenvalue weighted by Gasteiger charge is 2.28. The van der Waals surface area contributed by atoms with Gasteiger partial charge in [-0.3, -0.25) is 9.80 Å². The van der Waals surface area contributed by atoms with E-state index >= 15 is 0 Å². The molecule has 1 aliphatic carbocycles. The smallest absolute Gasteiger partial charge is 0.213 e. The molecule has 0 amide bonds. The molecule has 0 saturated carbocycles. The van der Waals surface area contributed by atoms with Gasteiger partial charge in [-0.25, -0.2) is 4.98 Å². The van der Waals surface area contributed by atoms with Gasteiger partial charge in [0.1, 0.15) is 0 Å². The molecule has 1 aliphatic heterocycles. The van der Waals surface area contributed by atoms with Crippen molar-refractivity contribution >= 4 is 0 Å². The molecule has 0 N–H and O–H groups in total. The third kappa shape index (κ3) is 3.86. The highest BCUT2D eigenvalue weighted by molar-refractivity contribution is 5.33. The standard InChI is InChI=1S/C21H27N3O/c1-2-25-21-8-7-17(15-22-21)16-23-9-11-24(12-10-23)20-13-18-5-3-4-6-19(18)14-20/h3-8,15,20H,2,9-14,16H2,1H3. The van der Waals surface area contributed by atoms with E-state index in [2.05, 4.69) is 45.1 Å².